The van der Waals surface area contributed by atoms with E-state index in [1.807, 2.05) is 43.3 Å². The number of hydrogen-bond acceptors (Lipinski definition) is 3. The molecule has 2 atom stereocenters. The molecular formula is C19H22BrNO3S. The van der Waals surface area contributed by atoms with E-state index < -0.39 is 15.6 Å². The summed E-state index contributed by atoms with van der Waals surface area (Å²) in [4.78, 5) is 0.202. The van der Waals surface area contributed by atoms with Gasteiger partial charge >= 0.3 is 0 Å². The van der Waals surface area contributed by atoms with Crippen LogP contribution in [0.5, 0.6) is 0 Å². The molecule has 4 nitrogen and oxygen atoms in total. The fourth-order valence-corrected chi connectivity index (χ4v) is 6.02. The van der Waals surface area contributed by atoms with Crippen LogP contribution in [0.25, 0.3) is 0 Å². The van der Waals surface area contributed by atoms with Gasteiger partial charge in [-0.1, -0.05) is 64.5 Å². The average molecular weight is 424 g/mol. The van der Waals surface area contributed by atoms with Crippen molar-refractivity contribution in [3.63, 3.8) is 0 Å². The van der Waals surface area contributed by atoms with Crippen LogP contribution in [0.4, 0.5) is 0 Å². The normalized spacial score (nSPS) is 25.0. The standard InChI is InChI=1S/C19H22BrNO3S/c1-2-24-19(16-9-5-3-6-10-16)13-14-21(15-18(19)20)25(22,23)17-11-7-4-8-12-17/h3-12,18H,2,13-15H2,1H3/t18-,19+/m0/s1. The summed E-state index contributed by atoms with van der Waals surface area (Å²) in [5, 5.41) is 0. The molecule has 1 saturated heterocycles. The quantitative estimate of drug-likeness (QED) is 0.687. The van der Waals surface area contributed by atoms with Crippen molar-refractivity contribution in [2.24, 2.45) is 0 Å². The van der Waals surface area contributed by atoms with E-state index in [9.17, 15) is 8.42 Å². The molecule has 0 bridgehead atoms. The van der Waals surface area contributed by atoms with E-state index in [0.29, 0.717) is 31.0 Å². The van der Waals surface area contributed by atoms with Gasteiger partial charge in [0, 0.05) is 19.7 Å². The van der Waals surface area contributed by atoms with Crippen molar-refractivity contribution in [1.29, 1.82) is 0 Å². The Bertz CT molecular complexity index is 798. The number of nitrogens with zero attached hydrogens (tertiary/aromatic N) is 1. The first-order valence-corrected chi connectivity index (χ1v) is 10.7. The molecule has 0 radical (unpaired) electrons. The topological polar surface area (TPSA) is 46.6 Å². The van der Waals surface area contributed by atoms with Gasteiger partial charge in [-0.3, -0.25) is 0 Å². The van der Waals surface area contributed by atoms with Gasteiger partial charge in [0.15, 0.2) is 0 Å². The molecule has 0 aliphatic carbocycles. The molecule has 0 aromatic heterocycles. The maximum absolute atomic E-state index is 12.9. The van der Waals surface area contributed by atoms with Crippen LogP contribution >= 0.6 is 15.9 Å². The Hall–Kier alpha value is -1.21. The lowest BCUT2D eigenvalue weighted by Gasteiger charge is -2.45. The first-order valence-electron chi connectivity index (χ1n) is 8.39. The summed E-state index contributed by atoms with van der Waals surface area (Å²) in [5.41, 5.74) is 0.564. The van der Waals surface area contributed by atoms with E-state index in [2.05, 4.69) is 15.9 Å². The third kappa shape index (κ3) is 3.53. The van der Waals surface area contributed by atoms with Crippen molar-refractivity contribution in [2.45, 2.75) is 28.7 Å². The van der Waals surface area contributed by atoms with Crippen LogP contribution < -0.4 is 0 Å². The number of alkyl halides is 1. The van der Waals surface area contributed by atoms with Gasteiger partial charge in [-0.25, -0.2) is 8.42 Å². The molecule has 134 valence electrons. The summed E-state index contributed by atoms with van der Waals surface area (Å²) in [7, 11) is -3.49. The second-order valence-electron chi connectivity index (χ2n) is 6.08. The van der Waals surface area contributed by atoms with Gasteiger partial charge < -0.3 is 4.74 Å². The molecule has 1 aliphatic heterocycles. The minimum absolute atomic E-state index is 0.130. The van der Waals surface area contributed by atoms with Crippen LogP contribution in [0.15, 0.2) is 65.6 Å². The fraction of sp³-hybridized carbons (Fsp3) is 0.368. The van der Waals surface area contributed by atoms with E-state index in [0.717, 1.165) is 5.56 Å². The Morgan fingerprint density at radius 3 is 2.28 bits per heavy atom. The summed E-state index contributed by atoms with van der Waals surface area (Å²) in [6.07, 6.45) is 0.604. The number of benzene rings is 2. The smallest absolute Gasteiger partial charge is 0.243 e. The number of piperidine rings is 1. The van der Waals surface area contributed by atoms with Crippen LogP contribution in [0, 0.1) is 0 Å². The zero-order chi connectivity index (χ0) is 17.9. The molecule has 0 saturated carbocycles. The maximum Gasteiger partial charge on any atom is 0.243 e. The van der Waals surface area contributed by atoms with Crippen molar-refractivity contribution in [2.75, 3.05) is 19.7 Å². The van der Waals surface area contributed by atoms with Crippen LogP contribution in [0.1, 0.15) is 18.9 Å². The number of sulfonamides is 1. The van der Waals surface area contributed by atoms with Crippen LogP contribution in [-0.4, -0.2) is 37.2 Å². The minimum Gasteiger partial charge on any atom is -0.369 e. The highest BCUT2D eigenvalue weighted by molar-refractivity contribution is 9.09. The van der Waals surface area contributed by atoms with Gasteiger partial charge in [0.1, 0.15) is 5.60 Å². The van der Waals surface area contributed by atoms with E-state index in [1.165, 1.54) is 0 Å². The largest absolute Gasteiger partial charge is 0.369 e. The number of ether oxygens (including phenoxy) is 1. The molecule has 25 heavy (non-hydrogen) atoms. The summed E-state index contributed by atoms with van der Waals surface area (Å²) in [5.74, 6) is 0. The van der Waals surface area contributed by atoms with Crippen LogP contribution in [0.2, 0.25) is 0 Å². The number of halogens is 1. The van der Waals surface area contributed by atoms with E-state index >= 15 is 0 Å². The highest BCUT2D eigenvalue weighted by atomic mass is 79.9. The summed E-state index contributed by atoms with van der Waals surface area (Å²) < 4.78 is 33.5. The Kier molecular flexibility index (Phi) is 5.63. The monoisotopic (exact) mass is 423 g/mol. The van der Waals surface area contributed by atoms with Gasteiger partial charge in [0.25, 0.3) is 0 Å². The first kappa shape index (κ1) is 18.6. The second-order valence-corrected chi connectivity index (χ2v) is 9.13. The molecule has 0 unspecified atom stereocenters. The van der Waals surface area contributed by atoms with Crippen molar-refractivity contribution in [1.82, 2.24) is 4.31 Å². The molecule has 1 aliphatic rings. The van der Waals surface area contributed by atoms with E-state index in [-0.39, 0.29) is 4.83 Å². The second kappa shape index (κ2) is 7.58. The predicted octanol–water partition coefficient (Wildman–Crippen LogP) is 3.78. The van der Waals surface area contributed by atoms with Gasteiger partial charge in [0.05, 0.1) is 9.72 Å². The van der Waals surface area contributed by atoms with Crippen LogP contribution in [-0.2, 0) is 20.4 Å². The van der Waals surface area contributed by atoms with Gasteiger partial charge in [-0.15, -0.1) is 0 Å². The molecule has 0 amide bonds. The minimum atomic E-state index is -3.49. The van der Waals surface area contributed by atoms with Crippen LogP contribution in [0.3, 0.4) is 0 Å². The lowest BCUT2D eigenvalue weighted by atomic mass is 9.84. The predicted molar refractivity (Wildman–Crippen MR) is 102 cm³/mol. The number of rotatable bonds is 5. The molecule has 1 heterocycles. The molecule has 1 fully saturated rings. The molecule has 2 aromatic rings. The van der Waals surface area contributed by atoms with Gasteiger partial charge in [-0.05, 0) is 31.0 Å². The Morgan fingerprint density at radius 2 is 1.72 bits per heavy atom. The first-order chi connectivity index (χ1) is 12.0. The summed E-state index contributed by atoms with van der Waals surface area (Å²) >= 11 is 3.72. The molecule has 2 aromatic carbocycles. The molecule has 3 rings (SSSR count). The molecule has 0 spiro atoms. The lowest BCUT2D eigenvalue weighted by Crippen LogP contribution is -2.53. The molecular weight excluding hydrogens is 402 g/mol. The van der Waals surface area contributed by atoms with Crippen molar-refractivity contribution >= 4 is 26.0 Å². The van der Waals surface area contributed by atoms with Crippen molar-refractivity contribution in [3.05, 3.63) is 66.2 Å². The third-order valence-electron chi connectivity index (χ3n) is 4.65. The lowest BCUT2D eigenvalue weighted by molar-refractivity contribution is -0.0683. The average Bonchev–Trinajstić information content (AvgIpc) is 2.65. The van der Waals surface area contributed by atoms with Gasteiger partial charge in [-0.2, -0.15) is 4.31 Å². The Morgan fingerprint density at radius 1 is 1.12 bits per heavy atom. The van der Waals surface area contributed by atoms with E-state index in [4.69, 9.17) is 4.74 Å². The van der Waals surface area contributed by atoms with E-state index in [1.54, 1.807) is 28.6 Å². The highest BCUT2D eigenvalue weighted by Crippen LogP contribution is 2.41. The fourth-order valence-electron chi connectivity index (χ4n) is 3.37. The zero-order valence-electron chi connectivity index (χ0n) is 14.1. The summed E-state index contributed by atoms with van der Waals surface area (Å²) in [6, 6.07) is 18.6. The van der Waals surface area contributed by atoms with Crippen molar-refractivity contribution < 1.29 is 13.2 Å². The third-order valence-corrected chi connectivity index (χ3v) is 7.56. The molecule has 0 N–H and O–H groups in total. The van der Waals surface area contributed by atoms with Gasteiger partial charge in [0.2, 0.25) is 10.0 Å². The molecule has 6 heteroatoms. The Labute approximate surface area is 158 Å². The Balaban J connectivity index is 1.89. The zero-order valence-corrected chi connectivity index (χ0v) is 16.5. The highest BCUT2D eigenvalue weighted by Gasteiger charge is 2.46. The summed E-state index contributed by atoms with van der Waals surface area (Å²) in [6.45, 7) is 3.33. The SMILES string of the molecule is CCO[C@@]1(c2ccccc2)CCN(S(=O)(=O)c2ccccc2)C[C@@H]1Br. The maximum atomic E-state index is 12.9. The van der Waals surface area contributed by atoms with Crippen molar-refractivity contribution in [3.8, 4) is 0 Å². The number of hydrogen-bond donors (Lipinski definition) is 0.